The Morgan fingerprint density at radius 1 is 1.32 bits per heavy atom. The van der Waals surface area contributed by atoms with Crippen molar-refractivity contribution in [2.75, 3.05) is 19.8 Å². The predicted octanol–water partition coefficient (Wildman–Crippen LogP) is 1.72. The van der Waals surface area contributed by atoms with Crippen LogP contribution in [0.4, 0.5) is 0 Å². The average Bonchev–Trinajstić information content (AvgIpc) is 2.37. The van der Waals surface area contributed by atoms with Crippen molar-refractivity contribution in [2.45, 2.75) is 13.8 Å². The quantitative estimate of drug-likeness (QED) is 0.589. The molecule has 104 valence electrons. The molecule has 0 aromatic heterocycles. The number of rotatable bonds is 7. The number of hydrogen-bond acceptors (Lipinski definition) is 3. The van der Waals surface area contributed by atoms with E-state index in [4.69, 9.17) is 22.7 Å². The van der Waals surface area contributed by atoms with E-state index >= 15 is 0 Å². The Morgan fingerprint density at radius 2 is 1.89 bits per heavy atom. The number of ether oxygens (including phenoxy) is 1. The summed E-state index contributed by atoms with van der Waals surface area (Å²) in [5, 5.41) is 2.79. The third-order valence-electron chi connectivity index (χ3n) is 2.41. The molecule has 0 saturated carbocycles. The molecule has 0 fully saturated rings. The molecular formula is C14H20N2O2S. The van der Waals surface area contributed by atoms with Gasteiger partial charge in [0.2, 0.25) is 0 Å². The van der Waals surface area contributed by atoms with E-state index in [0.717, 1.165) is 5.56 Å². The van der Waals surface area contributed by atoms with Crippen LogP contribution in [-0.4, -0.2) is 30.7 Å². The molecule has 0 atom stereocenters. The Bertz CT molecular complexity index is 430. The van der Waals surface area contributed by atoms with Gasteiger partial charge in [-0.25, -0.2) is 0 Å². The zero-order chi connectivity index (χ0) is 14.3. The summed E-state index contributed by atoms with van der Waals surface area (Å²) in [6, 6.07) is 6.90. The van der Waals surface area contributed by atoms with Gasteiger partial charge >= 0.3 is 0 Å². The fourth-order valence-corrected chi connectivity index (χ4v) is 1.58. The molecule has 0 unspecified atom stereocenters. The van der Waals surface area contributed by atoms with Crippen molar-refractivity contribution in [3.63, 3.8) is 0 Å². The minimum absolute atomic E-state index is 0.123. The zero-order valence-corrected chi connectivity index (χ0v) is 12.1. The lowest BCUT2D eigenvalue weighted by Crippen LogP contribution is -2.27. The maximum Gasteiger partial charge on any atom is 0.251 e. The van der Waals surface area contributed by atoms with Crippen molar-refractivity contribution in [1.82, 2.24) is 5.32 Å². The number of benzene rings is 1. The minimum atomic E-state index is -0.123. The summed E-state index contributed by atoms with van der Waals surface area (Å²) in [7, 11) is 0. The molecule has 1 rings (SSSR count). The van der Waals surface area contributed by atoms with Crippen LogP contribution in [0, 0.1) is 5.92 Å². The van der Waals surface area contributed by atoms with Crippen LogP contribution in [-0.2, 0) is 4.74 Å². The first-order chi connectivity index (χ1) is 9.00. The second kappa shape index (κ2) is 7.86. The molecule has 4 nitrogen and oxygen atoms in total. The third-order valence-corrected chi connectivity index (χ3v) is 2.65. The van der Waals surface area contributed by atoms with E-state index in [2.05, 4.69) is 19.2 Å². The Kier molecular flexibility index (Phi) is 6.45. The van der Waals surface area contributed by atoms with Crippen LogP contribution in [0.3, 0.4) is 0 Å². The van der Waals surface area contributed by atoms with Gasteiger partial charge in [-0.2, -0.15) is 0 Å². The first-order valence-corrected chi connectivity index (χ1v) is 6.67. The van der Waals surface area contributed by atoms with Crippen LogP contribution >= 0.6 is 12.2 Å². The van der Waals surface area contributed by atoms with Crippen molar-refractivity contribution < 1.29 is 9.53 Å². The van der Waals surface area contributed by atoms with Crippen LogP contribution < -0.4 is 11.1 Å². The fraction of sp³-hybridized carbons (Fsp3) is 0.429. The summed E-state index contributed by atoms with van der Waals surface area (Å²) < 4.78 is 5.38. The molecule has 0 aliphatic rings. The summed E-state index contributed by atoms with van der Waals surface area (Å²) >= 11 is 4.85. The van der Waals surface area contributed by atoms with E-state index in [-0.39, 0.29) is 5.91 Å². The number of carbonyl (C=O) groups is 1. The number of nitrogens with one attached hydrogen (secondary N) is 1. The smallest absolute Gasteiger partial charge is 0.251 e. The van der Waals surface area contributed by atoms with E-state index in [1.165, 1.54) is 0 Å². The van der Waals surface area contributed by atoms with E-state index < -0.39 is 0 Å². The molecule has 3 N–H and O–H groups in total. The number of thiocarbonyl (C=S) groups is 1. The van der Waals surface area contributed by atoms with Crippen LogP contribution in [0.2, 0.25) is 0 Å². The molecule has 0 bridgehead atoms. The highest BCUT2D eigenvalue weighted by Crippen LogP contribution is 2.04. The number of amides is 1. The molecular weight excluding hydrogens is 260 g/mol. The Hall–Kier alpha value is -1.46. The second-order valence-corrected chi connectivity index (χ2v) is 5.11. The summed E-state index contributed by atoms with van der Waals surface area (Å²) in [6.07, 6.45) is 0. The van der Waals surface area contributed by atoms with E-state index in [0.29, 0.717) is 36.2 Å². The van der Waals surface area contributed by atoms with Crippen LogP contribution in [0.5, 0.6) is 0 Å². The first kappa shape index (κ1) is 15.6. The Morgan fingerprint density at radius 3 is 2.42 bits per heavy atom. The lowest BCUT2D eigenvalue weighted by atomic mass is 10.1. The van der Waals surface area contributed by atoms with Gasteiger partial charge in [-0.3, -0.25) is 4.79 Å². The van der Waals surface area contributed by atoms with E-state index in [1.807, 2.05) is 0 Å². The average molecular weight is 280 g/mol. The van der Waals surface area contributed by atoms with E-state index in [1.54, 1.807) is 24.3 Å². The second-order valence-electron chi connectivity index (χ2n) is 4.67. The van der Waals surface area contributed by atoms with Crippen molar-refractivity contribution >= 4 is 23.1 Å². The molecule has 1 aromatic rings. The van der Waals surface area contributed by atoms with Crippen molar-refractivity contribution in [3.8, 4) is 0 Å². The van der Waals surface area contributed by atoms with Crippen molar-refractivity contribution in [1.29, 1.82) is 0 Å². The van der Waals surface area contributed by atoms with Gasteiger partial charge in [0.25, 0.3) is 5.91 Å². The molecule has 0 aliphatic carbocycles. The number of nitrogens with two attached hydrogens (primary N) is 1. The molecule has 19 heavy (non-hydrogen) atoms. The summed E-state index contributed by atoms with van der Waals surface area (Å²) in [5.41, 5.74) is 6.84. The zero-order valence-electron chi connectivity index (χ0n) is 11.3. The minimum Gasteiger partial charge on any atom is -0.389 e. The standard InChI is InChI=1S/C14H20N2O2S/c1-10(2)9-18-8-7-16-14(17)12-5-3-11(4-6-12)13(15)19/h3-6,10H,7-9H2,1-2H3,(H2,15,19)(H,16,17). The van der Waals surface area contributed by atoms with Crippen molar-refractivity contribution in [3.05, 3.63) is 35.4 Å². The molecule has 0 saturated heterocycles. The maximum absolute atomic E-state index is 11.8. The van der Waals surface area contributed by atoms with Crippen LogP contribution in [0.15, 0.2) is 24.3 Å². The highest BCUT2D eigenvalue weighted by atomic mass is 32.1. The largest absolute Gasteiger partial charge is 0.389 e. The molecule has 0 radical (unpaired) electrons. The van der Waals surface area contributed by atoms with Gasteiger partial charge < -0.3 is 15.8 Å². The number of hydrogen-bond donors (Lipinski definition) is 2. The van der Waals surface area contributed by atoms with E-state index in [9.17, 15) is 4.79 Å². The molecule has 1 amide bonds. The van der Waals surface area contributed by atoms with Gasteiger partial charge in [-0.15, -0.1) is 0 Å². The summed E-state index contributed by atoms with van der Waals surface area (Å²) in [5.74, 6) is 0.381. The van der Waals surface area contributed by atoms with Crippen LogP contribution in [0.1, 0.15) is 29.8 Å². The van der Waals surface area contributed by atoms with Gasteiger partial charge in [-0.1, -0.05) is 38.2 Å². The van der Waals surface area contributed by atoms with Gasteiger partial charge in [0.1, 0.15) is 4.99 Å². The molecule has 1 aromatic carbocycles. The molecule has 0 aliphatic heterocycles. The summed E-state index contributed by atoms with van der Waals surface area (Å²) in [6.45, 7) is 5.90. The Balaban J connectivity index is 2.35. The van der Waals surface area contributed by atoms with Gasteiger partial charge in [0.15, 0.2) is 0 Å². The molecule has 5 heteroatoms. The third kappa shape index (κ3) is 5.81. The van der Waals surface area contributed by atoms with Gasteiger partial charge in [-0.05, 0) is 18.1 Å². The van der Waals surface area contributed by atoms with Crippen LogP contribution in [0.25, 0.3) is 0 Å². The maximum atomic E-state index is 11.8. The SMILES string of the molecule is CC(C)COCCNC(=O)c1ccc(C(N)=S)cc1. The monoisotopic (exact) mass is 280 g/mol. The number of carbonyl (C=O) groups excluding carboxylic acids is 1. The molecule has 0 heterocycles. The first-order valence-electron chi connectivity index (χ1n) is 6.26. The topological polar surface area (TPSA) is 64.3 Å². The van der Waals surface area contributed by atoms with Gasteiger partial charge in [0, 0.05) is 24.3 Å². The fourth-order valence-electron chi connectivity index (χ4n) is 1.44. The highest BCUT2D eigenvalue weighted by molar-refractivity contribution is 7.80. The summed E-state index contributed by atoms with van der Waals surface area (Å²) in [4.78, 5) is 12.1. The molecule has 0 spiro atoms. The lowest BCUT2D eigenvalue weighted by Gasteiger charge is -2.08. The highest BCUT2D eigenvalue weighted by Gasteiger charge is 2.05. The normalized spacial score (nSPS) is 10.5. The van der Waals surface area contributed by atoms with Crippen molar-refractivity contribution in [2.24, 2.45) is 11.7 Å². The van der Waals surface area contributed by atoms with Gasteiger partial charge in [0.05, 0.1) is 6.61 Å². The lowest BCUT2D eigenvalue weighted by molar-refractivity contribution is 0.0886. The predicted molar refractivity (Wildman–Crippen MR) is 80.3 cm³/mol. The Labute approximate surface area is 119 Å².